The molecule has 106 valence electrons. The van der Waals surface area contributed by atoms with E-state index in [4.69, 9.17) is 18.0 Å². The van der Waals surface area contributed by atoms with E-state index in [0.29, 0.717) is 4.99 Å². The number of para-hydroxylation sites is 1. The summed E-state index contributed by atoms with van der Waals surface area (Å²) in [5.41, 5.74) is 8.69. The van der Waals surface area contributed by atoms with Crippen LogP contribution in [0, 0.1) is 0 Å². The normalized spacial score (nSPS) is 10.7. The molecule has 5 heteroatoms. The van der Waals surface area contributed by atoms with E-state index in [1.165, 1.54) is 4.70 Å². The number of rotatable bonds is 4. The van der Waals surface area contributed by atoms with E-state index in [1.54, 1.807) is 11.3 Å². The van der Waals surface area contributed by atoms with Crippen molar-refractivity contribution in [3.8, 4) is 0 Å². The zero-order chi connectivity index (χ0) is 14.8. The Bertz CT molecular complexity index is 745. The Balaban J connectivity index is 1.78. The average Bonchev–Trinajstić information content (AvgIpc) is 2.89. The van der Waals surface area contributed by atoms with E-state index in [2.05, 4.69) is 23.0 Å². The lowest BCUT2D eigenvalue weighted by molar-refractivity contribution is 0.914. The standard InChI is InChI=1S/C16H15N3S2/c1-19(12-8-6-11(7-9-12)16(17)20)10-15-18-13-4-2-3-5-14(13)21-15/h2-9H,10H2,1H3,(H2,17,20). The van der Waals surface area contributed by atoms with Crippen LogP contribution < -0.4 is 10.6 Å². The highest BCUT2D eigenvalue weighted by atomic mass is 32.1. The highest BCUT2D eigenvalue weighted by Crippen LogP contribution is 2.24. The van der Waals surface area contributed by atoms with Gasteiger partial charge in [0.05, 0.1) is 16.8 Å². The van der Waals surface area contributed by atoms with Gasteiger partial charge in [0.15, 0.2) is 0 Å². The maximum Gasteiger partial charge on any atom is 0.113 e. The number of hydrogen-bond acceptors (Lipinski definition) is 4. The lowest BCUT2D eigenvalue weighted by Crippen LogP contribution is -2.16. The number of anilines is 1. The van der Waals surface area contributed by atoms with Crippen LogP contribution in [0.15, 0.2) is 48.5 Å². The molecular formula is C16H15N3S2. The summed E-state index contributed by atoms with van der Waals surface area (Å²) in [5, 5.41) is 1.11. The highest BCUT2D eigenvalue weighted by molar-refractivity contribution is 7.80. The lowest BCUT2D eigenvalue weighted by atomic mass is 10.2. The van der Waals surface area contributed by atoms with Crippen molar-refractivity contribution < 1.29 is 0 Å². The predicted octanol–water partition coefficient (Wildman–Crippen LogP) is 3.57. The Morgan fingerprint density at radius 3 is 2.57 bits per heavy atom. The highest BCUT2D eigenvalue weighted by Gasteiger charge is 2.07. The molecule has 0 aliphatic carbocycles. The third kappa shape index (κ3) is 3.04. The molecule has 21 heavy (non-hydrogen) atoms. The topological polar surface area (TPSA) is 42.2 Å². The number of nitrogens with zero attached hydrogens (tertiary/aromatic N) is 2. The van der Waals surface area contributed by atoms with E-state index < -0.39 is 0 Å². The van der Waals surface area contributed by atoms with Crippen molar-refractivity contribution in [1.82, 2.24) is 4.98 Å². The molecule has 0 aliphatic heterocycles. The maximum atomic E-state index is 5.62. The number of hydrogen-bond donors (Lipinski definition) is 1. The average molecular weight is 313 g/mol. The van der Waals surface area contributed by atoms with Crippen LogP contribution in [0.25, 0.3) is 10.2 Å². The first kappa shape index (κ1) is 14.0. The Morgan fingerprint density at radius 2 is 1.90 bits per heavy atom. The quantitative estimate of drug-likeness (QED) is 0.748. The Morgan fingerprint density at radius 1 is 1.19 bits per heavy atom. The zero-order valence-corrected chi connectivity index (χ0v) is 13.2. The van der Waals surface area contributed by atoms with Crippen LogP contribution in [0.3, 0.4) is 0 Å². The lowest BCUT2D eigenvalue weighted by Gasteiger charge is -2.18. The molecule has 0 amide bonds. The number of thiazole rings is 1. The molecule has 0 unspecified atom stereocenters. The monoisotopic (exact) mass is 313 g/mol. The second kappa shape index (κ2) is 5.79. The molecule has 0 bridgehead atoms. The molecule has 0 atom stereocenters. The number of aromatic nitrogens is 1. The first-order valence-corrected chi connectivity index (χ1v) is 7.81. The van der Waals surface area contributed by atoms with Crippen LogP contribution >= 0.6 is 23.6 Å². The van der Waals surface area contributed by atoms with Gasteiger partial charge in [0.2, 0.25) is 0 Å². The van der Waals surface area contributed by atoms with Crippen LogP contribution in [-0.2, 0) is 6.54 Å². The summed E-state index contributed by atoms with van der Waals surface area (Å²) in [6.07, 6.45) is 0. The zero-order valence-electron chi connectivity index (χ0n) is 11.6. The molecule has 0 aliphatic rings. The van der Waals surface area contributed by atoms with Gasteiger partial charge in [-0.05, 0) is 36.4 Å². The minimum Gasteiger partial charge on any atom is -0.389 e. The summed E-state index contributed by atoms with van der Waals surface area (Å²) in [6.45, 7) is 0.783. The van der Waals surface area contributed by atoms with Gasteiger partial charge in [-0.25, -0.2) is 4.98 Å². The van der Waals surface area contributed by atoms with E-state index in [9.17, 15) is 0 Å². The van der Waals surface area contributed by atoms with Crippen LogP contribution in [-0.4, -0.2) is 17.0 Å². The number of nitrogens with two attached hydrogens (primary N) is 1. The van der Waals surface area contributed by atoms with E-state index in [0.717, 1.165) is 28.3 Å². The molecule has 0 fully saturated rings. The van der Waals surface area contributed by atoms with Gasteiger partial charge in [0.25, 0.3) is 0 Å². The van der Waals surface area contributed by atoms with Gasteiger partial charge in [-0.3, -0.25) is 0 Å². The largest absolute Gasteiger partial charge is 0.389 e. The Labute approximate surface area is 133 Å². The molecular weight excluding hydrogens is 298 g/mol. The third-order valence-electron chi connectivity index (χ3n) is 3.30. The van der Waals surface area contributed by atoms with Gasteiger partial charge in [-0.2, -0.15) is 0 Å². The molecule has 0 radical (unpaired) electrons. The minimum atomic E-state index is 0.426. The number of fused-ring (bicyclic) bond motifs is 1. The molecule has 2 N–H and O–H groups in total. The van der Waals surface area contributed by atoms with Crippen LogP contribution in [0.5, 0.6) is 0 Å². The summed E-state index contributed by atoms with van der Waals surface area (Å²) < 4.78 is 1.23. The van der Waals surface area contributed by atoms with Crippen molar-refractivity contribution >= 4 is 44.4 Å². The molecule has 0 saturated heterocycles. The van der Waals surface area contributed by atoms with Crippen LogP contribution in [0.2, 0.25) is 0 Å². The van der Waals surface area contributed by atoms with Crippen LogP contribution in [0.1, 0.15) is 10.6 Å². The first-order chi connectivity index (χ1) is 10.1. The Hall–Kier alpha value is -1.98. The summed E-state index contributed by atoms with van der Waals surface area (Å²) in [6, 6.07) is 16.2. The van der Waals surface area contributed by atoms with E-state index in [1.807, 2.05) is 42.5 Å². The second-order valence-electron chi connectivity index (χ2n) is 4.84. The first-order valence-electron chi connectivity index (χ1n) is 6.59. The van der Waals surface area contributed by atoms with Gasteiger partial charge < -0.3 is 10.6 Å². The summed E-state index contributed by atoms with van der Waals surface area (Å²) in [4.78, 5) is 7.25. The smallest absolute Gasteiger partial charge is 0.113 e. The molecule has 2 aromatic carbocycles. The van der Waals surface area contributed by atoms with Crippen LogP contribution in [0.4, 0.5) is 5.69 Å². The fraction of sp³-hybridized carbons (Fsp3) is 0.125. The minimum absolute atomic E-state index is 0.426. The Kier molecular flexibility index (Phi) is 3.86. The van der Waals surface area contributed by atoms with E-state index >= 15 is 0 Å². The molecule has 1 heterocycles. The molecule has 3 rings (SSSR count). The van der Waals surface area contributed by atoms with Gasteiger partial charge in [-0.15, -0.1) is 11.3 Å². The van der Waals surface area contributed by atoms with Crippen molar-refractivity contribution in [2.45, 2.75) is 6.54 Å². The predicted molar refractivity (Wildman–Crippen MR) is 94.1 cm³/mol. The fourth-order valence-corrected chi connectivity index (χ4v) is 3.32. The van der Waals surface area contributed by atoms with Gasteiger partial charge in [0, 0.05) is 18.3 Å². The second-order valence-corrected chi connectivity index (χ2v) is 6.40. The van der Waals surface area contributed by atoms with Crippen molar-refractivity contribution in [3.05, 3.63) is 59.1 Å². The number of thiocarbonyl (C=S) groups is 1. The third-order valence-corrected chi connectivity index (χ3v) is 4.56. The van der Waals surface area contributed by atoms with Gasteiger partial charge >= 0.3 is 0 Å². The summed E-state index contributed by atoms with van der Waals surface area (Å²) in [7, 11) is 2.06. The summed E-state index contributed by atoms with van der Waals surface area (Å²) in [5.74, 6) is 0. The van der Waals surface area contributed by atoms with Gasteiger partial charge in [0.1, 0.15) is 10.00 Å². The van der Waals surface area contributed by atoms with Crippen molar-refractivity contribution in [2.24, 2.45) is 5.73 Å². The summed E-state index contributed by atoms with van der Waals surface area (Å²) >= 11 is 6.70. The molecule has 1 aromatic heterocycles. The van der Waals surface area contributed by atoms with E-state index in [-0.39, 0.29) is 0 Å². The van der Waals surface area contributed by atoms with Gasteiger partial charge in [-0.1, -0.05) is 24.4 Å². The maximum absolute atomic E-state index is 5.62. The van der Waals surface area contributed by atoms with Crippen molar-refractivity contribution in [1.29, 1.82) is 0 Å². The molecule has 3 nitrogen and oxygen atoms in total. The molecule has 3 aromatic rings. The fourth-order valence-electron chi connectivity index (χ4n) is 2.16. The molecule has 0 saturated carbocycles. The number of benzene rings is 2. The van der Waals surface area contributed by atoms with Crippen molar-refractivity contribution in [3.63, 3.8) is 0 Å². The SMILES string of the molecule is CN(Cc1nc2ccccc2s1)c1ccc(C(N)=S)cc1. The van der Waals surface area contributed by atoms with Crippen molar-refractivity contribution in [2.75, 3.05) is 11.9 Å². The molecule has 0 spiro atoms.